The number of halogens is 2. The first-order valence-electron chi connectivity index (χ1n) is 6.13. The van der Waals surface area contributed by atoms with Gasteiger partial charge in [0.05, 0.1) is 11.3 Å². The summed E-state index contributed by atoms with van der Waals surface area (Å²) in [6.45, 7) is 0.252. The number of nitrogens with one attached hydrogen (secondary N) is 1. The lowest BCUT2D eigenvalue weighted by molar-refractivity contribution is -0.124. The van der Waals surface area contributed by atoms with E-state index in [1.165, 1.54) is 7.11 Å². The Hall–Kier alpha value is -2.22. The number of rotatable bonds is 7. The number of carbonyl (C=O) groups is 2. The highest BCUT2D eigenvalue weighted by Crippen LogP contribution is 2.17. The van der Waals surface area contributed by atoms with Crippen molar-refractivity contribution in [1.29, 1.82) is 0 Å². The molecular formula is C13H16F2N2O4. The third-order valence-corrected chi connectivity index (χ3v) is 2.49. The normalized spacial score (nSPS) is 10.2. The molecule has 0 aromatic heterocycles. The molecule has 8 heteroatoms. The minimum absolute atomic E-state index is 0.356. The van der Waals surface area contributed by atoms with E-state index < -0.39 is 41.4 Å². The second-order valence-electron chi connectivity index (χ2n) is 4.13. The van der Waals surface area contributed by atoms with Crippen molar-refractivity contribution in [2.24, 2.45) is 0 Å². The van der Waals surface area contributed by atoms with Gasteiger partial charge in [-0.05, 0) is 12.5 Å². The van der Waals surface area contributed by atoms with Crippen LogP contribution in [0.25, 0.3) is 0 Å². The van der Waals surface area contributed by atoms with E-state index in [1.807, 2.05) is 0 Å². The summed E-state index contributed by atoms with van der Waals surface area (Å²) in [6, 6.07) is 1.31. The smallest absolute Gasteiger partial charge is 0.341 e. The Morgan fingerprint density at radius 1 is 1.29 bits per heavy atom. The Labute approximate surface area is 120 Å². The highest BCUT2D eigenvalue weighted by atomic mass is 19.1. The third kappa shape index (κ3) is 5.35. The number of hydrogen-bond acceptors (Lipinski definition) is 5. The van der Waals surface area contributed by atoms with E-state index in [-0.39, 0.29) is 0 Å². The van der Waals surface area contributed by atoms with Crippen molar-refractivity contribution in [3.05, 3.63) is 29.3 Å². The average Bonchev–Trinajstić information content (AvgIpc) is 2.45. The number of methoxy groups -OCH3 is 1. The van der Waals surface area contributed by atoms with E-state index in [9.17, 15) is 18.4 Å². The molecule has 1 aromatic carbocycles. The van der Waals surface area contributed by atoms with Crippen molar-refractivity contribution in [3.63, 3.8) is 0 Å². The maximum absolute atomic E-state index is 13.4. The van der Waals surface area contributed by atoms with Gasteiger partial charge in [-0.2, -0.15) is 0 Å². The predicted octanol–water partition coefficient (Wildman–Crippen LogP) is 0.856. The summed E-state index contributed by atoms with van der Waals surface area (Å²) in [4.78, 5) is 22.9. The Bertz CT molecular complexity index is 523. The summed E-state index contributed by atoms with van der Waals surface area (Å²) >= 11 is 0. The Kier molecular flexibility index (Phi) is 6.54. The predicted molar refractivity (Wildman–Crippen MR) is 70.6 cm³/mol. The van der Waals surface area contributed by atoms with E-state index in [1.54, 1.807) is 0 Å². The van der Waals surface area contributed by atoms with E-state index in [0.717, 1.165) is 0 Å². The number of anilines is 1. The molecule has 0 aliphatic heterocycles. The Morgan fingerprint density at radius 3 is 2.67 bits per heavy atom. The third-order valence-electron chi connectivity index (χ3n) is 2.49. The van der Waals surface area contributed by atoms with Gasteiger partial charge in [-0.25, -0.2) is 13.6 Å². The first kappa shape index (κ1) is 16.8. The second kappa shape index (κ2) is 8.15. The summed E-state index contributed by atoms with van der Waals surface area (Å²) in [5, 5.41) is 2.48. The summed E-state index contributed by atoms with van der Waals surface area (Å²) in [6.07, 6.45) is 0.605. The second-order valence-corrected chi connectivity index (χ2v) is 4.13. The Morgan fingerprint density at radius 2 is 2.00 bits per heavy atom. The van der Waals surface area contributed by atoms with Crippen LogP contribution in [0.5, 0.6) is 0 Å². The largest absolute Gasteiger partial charge is 0.452 e. The SMILES string of the molecule is COCCCNC(=O)COC(=O)c1cc(F)c(N)cc1F. The average molecular weight is 302 g/mol. The number of amides is 1. The van der Waals surface area contributed by atoms with Crippen LogP contribution in [0.3, 0.4) is 0 Å². The van der Waals surface area contributed by atoms with E-state index in [2.05, 4.69) is 10.1 Å². The topological polar surface area (TPSA) is 90.6 Å². The van der Waals surface area contributed by atoms with Crippen LogP contribution in [0.15, 0.2) is 12.1 Å². The molecule has 0 bridgehead atoms. The van der Waals surface area contributed by atoms with Gasteiger partial charge < -0.3 is 20.5 Å². The monoisotopic (exact) mass is 302 g/mol. The molecule has 0 radical (unpaired) electrons. The molecule has 0 saturated heterocycles. The van der Waals surface area contributed by atoms with Gasteiger partial charge in [0, 0.05) is 26.3 Å². The van der Waals surface area contributed by atoms with Crippen molar-refractivity contribution < 1.29 is 27.8 Å². The van der Waals surface area contributed by atoms with E-state index >= 15 is 0 Å². The lowest BCUT2D eigenvalue weighted by Crippen LogP contribution is -2.30. The van der Waals surface area contributed by atoms with Gasteiger partial charge in [-0.3, -0.25) is 4.79 Å². The van der Waals surface area contributed by atoms with Crippen LogP contribution in [0.4, 0.5) is 14.5 Å². The van der Waals surface area contributed by atoms with Crippen LogP contribution >= 0.6 is 0 Å². The number of ether oxygens (including phenoxy) is 2. The molecule has 116 valence electrons. The van der Waals surface area contributed by atoms with Crippen LogP contribution in [-0.2, 0) is 14.3 Å². The standard InChI is InChI=1S/C13H16F2N2O4/c1-20-4-2-3-17-12(18)7-21-13(19)8-5-10(15)11(16)6-9(8)14/h5-6H,2-4,7,16H2,1H3,(H,17,18). The molecule has 0 aliphatic rings. The van der Waals surface area contributed by atoms with Gasteiger partial charge in [-0.15, -0.1) is 0 Å². The van der Waals surface area contributed by atoms with Crippen molar-refractivity contribution in [3.8, 4) is 0 Å². The zero-order valence-corrected chi connectivity index (χ0v) is 11.4. The quantitative estimate of drug-likeness (QED) is 0.443. The van der Waals surface area contributed by atoms with Gasteiger partial charge in [0.1, 0.15) is 11.6 Å². The van der Waals surface area contributed by atoms with Crippen LogP contribution in [0, 0.1) is 11.6 Å². The summed E-state index contributed by atoms with van der Waals surface area (Å²) < 4.78 is 36.0. The lowest BCUT2D eigenvalue weighted by Gasteiger charge is -2.07. The minimum Gasteiger partial charge on any atom is -0.452 e. The van der Waals surface area contributed by atoms with Crippen LogP contribution < -0.4 is 11.1 Å². The zero-order chi connectivity index (χ0) is 15.8. The van der Waals surface area contributed by atoms with Gasteiger partial charge >= 0.3 is 5.97 Å². The van der Waals surface area contributed by atoms with Crippen molar-refractivity contribution in [1.82, 2.24) is 5.32 Å². The fourth-order valence-corrected chi connectivity index (χ4v) is 1.42. The fraction of sp³-hybridized carbons (Fsp3) is 0.385. The molecule has 21 heavy (non-hydrogen) atoms. The highest BCUT2D eigenvalue weighted by molar-refractivity contribution is 5.92. The molecule has 0 unspecified atom stereocenters. The van der Waals surface area contributed by atoms with Crippen molar-refractivity contribution in [2.45, 2.75) is 6.42 Å². The lowest BCUT2D eigenvalue weighted by atomic mass is 10.2. The summed E-state index contributed by atoms with van der Waals surface area (Å²) in [5.74, 6) is -3.64. The van der Waals surface area contributed by atoms with Crippen LogP contribution in [0.1, 0.15) is 16.8 Å². The number of benzene rings is 1. The zero-order valence-electron chi connectivity index (χ0n) is 11.4. The fourth-order valence-electron chi connectivity index (χ4n) is 1.42. The van der Waals surface area contributed by atoms with Crippen LogP contribution in [0.2, 0.25) is 0 Å². The van der Waals surface area contributed by atoms with E-state index in [0.29, 0.717) is 31.7 Å². The molecule has 1 amide bonds. The Balaban J connectivity index is 2.47. The molecule has 1 rings (SSSR count). The highest BCUT2D eigenvalue weighted by Gasteiger charge is 2.17. The summed E-state index contributed by atoms with van der Waals surface area (Å²) in [5.41, 5.74) is 4.12. The molecule has 1 aromatic rings. The molecule has 0 aliphatic carbocycles. The summed E-state index contributed by atoms with van der Waals surface area (Å²) in [7, 11) is 1.53. The van der Waals surface area contributed by atoms with Gasteiger partial charge in [0.15, 0.2) is 6.61 Å². The van der Waals surface area contributed by atoms with Gasteiger partial charge in [0.2, 0.25) is 0 Å². The maximum atomic E-state index is 13.4. The molecule has 0 spiro atoms. The van der Waals surface area contributed by atoms with Gasteiger partial charge in [0.25, 0.3) is 5.91 Å². The molecule has 0 saturated carbocycles. The number of nitrogens with two attached hydrogens (primary N) is 1. The number of esters is 1. The van der Waals surface area contributed by atoms with Crippen LogP contribution in [-0.4, -0.2) is 38.7 Å². The van der Waals surface area contributed by atoms with Gasteiger partial charge in [-0.1, -0.05) is 0 Å². The molecule has 0 fully saturated rings. The molecule has 3 N–H and O–H groups in total. The molecule has 0 atom stereocenters. The first-order valence-corrected chi connectivity index (χ1v) is 6.13. The molecular weight excluding hydrogens is 286 g/mol. The number of carbonyl (C=O) groups excluding carboxylic acids is 2. The minimum atomic E-state index is -1.14. The molecule has 0 heterocycles. The maximum Gasteiger partial charge on any atom is 0.341 e. The van der Waals surface area contributed by atoms with Crippen molar-refractivity contribution >= 4 is 17.6 Å². The molecule has 6 nitrogen and oxygen atoms in total. The first-order chi connectivity index (χ1) is 9.95. The number of nitrogen functional groups attached to an aromatic ring is 1. The van der Waals surface area contributed by atoms with Crippen molar-refractivity contribution in [2.75, 3.05) is 32.6 Å². The number of hydrogen-bond donors (Lipinski definition) is 2. The van der Waals surface area contributed by atoms with E-state index in [4.69, 9.17) is 10.5 Å².